The van der Waals surface area contributed by atoms with Crippen molar-refractivity contribution in [3.05, 3.63) is 0 Å². The first-order chi connectivity index (χ1) is 8.06. The molecule has 0 radical (unpaired) electrons. The van der Waals surface area contributed by atoms with Crippen molar-refractivity contribution in [3.8, 4) is 0 Å². The van der Waals surface area contributed by atoms with Gasteiger partial charge in [0.1, 0.15) is 0 Å². The molecule has 0 spiro atoms. The second kappa shape index (κ2) is 6.59. The fourth-order valence-corrected chi connectivity index (χ4v) is 2.33. The third-order valence-electron chi connectivity index (χ3n) is 3.54. The molecule has 0 saturated heterocycles. The van der Waals surface area contributed by atoms with Gasteiger partial charge in [-0.3, -0.25) is 9.59 Å². The maximum Gasteiger partial charge on any atom is 0.306 e. The molecule has 1 saturated carbocycles. The van der Waals surface area contributed by atoms with Crippen molar-refractivity contribution in [3.63, 3.8) is 0 Å². The molecule has 17 heavy (non-hydrogen) atoms. The van der Waals surface area contributed by atoms with E-state index in [2.05, 4.69) is 5.32 Å². The number of carboxylic acid groups (broad SMARTS) is 1. The van der Waals surface area contributed by atoms with Gasteiger partial charge in [0.25, 0.3) is 0 Å². The van der Waals surface area contributed by atoms with Crippen molar-refractivity contribution in [2.45, 2.75) is 45.1 Å². The molecular formula is C12H22N2O3. The molecule has 1 aliphatic carbocycles. The van der Waals surface area contributed by atoms with Crippen molar-refractivity contribution < 1.29 is 14.7 Å². The Kier molecular flexibility index (Phi) is 5.41. The fraction of sp³-hybridized carbons (Fsp3) is 0.833. The maximum absolute atomic E-state index is 11.5. The molecule has 0 aromatic heterocycles. The number of carbonyl (C=O) groups is 2. The smallest absolute Gasteiger partial charge is 0.306 e. The van der Waals surface area contributed by atoms with E-state index in [1.807, 2.05) is 6.92 Å². The predicted octanol–water partition coefficient (Wildman–Crippen LogP) is 0.731. The van der Waals surface area contributed by atoms with Gasteiger partial charge < -0.3 is 16.2 Å². The largest absolute Gasteiger partial charge is 0.481 e. The summed E-state index contributed by atoms with van der Waals surface area (Å²) in [6.45, 7) is 2.29. The predicted molar refractivity (Wildman–Crippen MR) is 64.4 cm³/mol. The highest BCUT2D eigenvalue weighted by Crippen LogP contribution is 2.29. The lowest BCUT2D eigenvalue weighted by molar-refractivity contribution is -0.145. The summed E-state index contributed by atoms with van der Waals surface area (Å²) in [6.07, 6.45) is 4.20. The second-order valence-corrected chi connectivity index (χ2v) is 4.75. The molecule has 1 fully saturated rings. The summed E-state index contributed by atoms with van der Waals surface area (Å²) in [7, 11) is 0. The third-order valence-corrected chi connectivity index (χ3v) is 3.54. The Balaban J connectivity index is 2.43. The van der Waals surface area contributed by atoms with Gasteiger partial charge in [-0.2, -0.15) is 0 Å². The number of rotatable bonds is 5. The Morgan fingerprint density at radius 2 is 2.06 bits per heavy atom. The van der Waals surface area contributed by atoms with Crippen LogP contribution in [-0.2, 0) is 9.59 Å². The SMILES string of the molecule is CC[C@@H](N)C(=O)NCC1CCCCC1C(=O)O. The molecule has 2 unspecified atom stereocenters. The van der Waals surface area contributed by atoms with Crippen LogP contribution in [0.3, 0.4) is 0 Å². The zero-order valence-electron chi connectivity index (χ0n) is 10.3. The van der Waals surface area contributed by atoms with E-state index < -0.39 is 12.0 Å². The van der Waals surface area contributed by atoms with Gasteiger partial charge in [-0.15, -0.1) is 0 Å². The third kappa shape index (κ3) is 4.00. The molecule has 5 heteroatoms. The normalized spacial score (nSPS) is 26.2. The lowest BCUT2D eigenvalue weighted by Crippen LogP contribution is -2.44. The monoisotopic (exact) mass is 242 g/mol. The highest BCUT2D eigenvalue weighted by molar-refractivity contribution is 5.81. The Morgan fingerprint density at radius 3 is 2.65 bits per heavy atom. The van der Waals surface area contributed by atoms with Crippen molar-refractivity contribution in [2.24, 2.45) is 17.6 Å². The summed E-state index contributed by atoms with van der Waals surface area (Å²) in [5.41, 5.74) is 5.60. The van der Waals surface area contributed by atoms with Crippen LogP contribution in [0.25, 0.3) is 0 Å². The highest BCUT2D eigenvalue weighted by Gasteiger charge is 2.31. The molecule has 3 atom stereocenters. The summed E-state index contributed by atoms with van der Waals surface area (Å²) in [5, 5.41) is 11.9. The molecule has 98 valence electrons. The van der Waals surface area contributed by atoms with Crippen LogP contribution in [0.15, 0.2) is 0 Å². The van der Waals surface area contributed by atoms with E-state index in [0.717, 1.165) is 25.7 Å². The first-order valence-electron chi connectivity index (χ1n) is 6.32. The van der Waals surface area contributed by atoms with Gasteiger partial charge in [-0.05, 0) is 25.2 Å². The van der Waals surface area contributed by atoms with Gasteiger partial charge >= 0.3 is 5.97 Å². The molecule has 1 rings (SSSR count). The van der Waals surface area contributed by atoms with Gasteiger partial charge in [0.05, 0.1) is 12.0 Å². The Bertz CT molecular complexity index is 281. The summed E-state index contributed by atoms with van der Waals surface area (Å²) in [5.74, 6) is -1.19. The quantitative estimate of drug-likeness (QED) is 0.662. The summed E-state index contributed by atoms with van der Waals surface area (Å²) >= 11 is 0. The van der Waals surface area contributed by atoms with Crippen molar-refractivity contribution in [1.82, 2.24) is 5.32 Å². The zero-order valence-corrected chi connectivity index (χ0v) is 10.3. The van der Waals surface area contributed by atoms with Crippen LogP contribution in [-0.4, -0.2) is 29.6 Å². The van der Waals surface area contributed by atoms with Crippen molar-refractivity contribution in [1.29, 1.82) is 0 Å². The van der Waals surface area contributed by atoms with Crippen molar-refractivity contribution >= 4 is 11.9 Å². The number of nitrogens with one attached hydrogen (secondary N) is 1. The van der Waals surface area contributed by atoms with Crippen LogP contribution >= 0.6 is 0 Å². The van der Waals surface area contributed by atoms with Gasteiger partial charge in [0.15, 0.2) is 0 Å². The molecule has 0 aliphatic heterocycles. The Hall–Kier alpha value is -1.10. The minimum absolute atomic E-state index is 0.0502. The van der Waals surface area contributed by atoms with E-state index in [-0.39, 0.29) is 17.7 Å². The van der Waals surface area contributed by atoms with Gasteiger partial charge in [-0.25, -0.2) is 0 Å². The first kappa shape index (κ1) is 14.0. The van der Waals surface area contributed by atoms with Crippen LogP contribution in [0, 0.1) is 11.8 Å². The number of carbonyl (C=O) groups excluding carboxylic acids is 1. The van der Waals surface area contributed by atoms with Crippen LogP contribution in [0.5, 0.6) is 0 Å². The zero-order chi connectivity index (χ0) is 12.8. The van der Waals surface area contributed by atoms with Gasteiger partial charge in [0, 0.05) is 6.54 Å². The maximum atomic E-state index is 11.5. The lowest BCUT2D eigenvalue weighted by atomic mass is 9.79. The molecule has 5 nitrogen and oxygen atoms in total. The minimum atomic E-state index is -0.747. The number of hydrogen-bond donors (Lipinski definition) is 3. The van der Waals surface area contributed by atoms with Gasteiger partial charge in [-0.1, -0.05) is 19.8 Å². The van der Waals surface area contributed by atoms with E-state index >= 15 is 0 Å². The molecule has 4 N–H and O–H groups in total. The summed E-state index contributed by atoms with van der Waals surface area (Å²) < 4.78 is 0. The lowest BCUT2D eigenvalue weighted by Gasteiger charge is -2.28. The molecule has 1 aliphatic rings. The molecule has 0 heterocycles. The van der Waals surface area contributed by atoms with E-state index in [9.17, 15) is 9.59 Å². The average molecular weight is 242 g/mol. The highest BCUT2D eigenvalue weighted by atomic mass is 16.4. The van der Waals surface area contributed by atoms with Crippen LogP contribution in [0.2, 0.25) is 0 Å². The van der Waals surface area contributed by atoms with E-state index in [1.165, 1.54) is 0 Å². The number of nitrogens with two attached hydrogens (primary N) is 1. The molecule has 0 aromatic rings. The molecule has 0 bridgehead atoms. The Morgan fingerprint density at radius 1 is 1.41 bits per heavy atom. The fourth-order valence-electron chi connectivity index (χ4n) is 2.33. The van der Waals surface area contributed by atoms with Crippen LogP contribution in [0.1, 0.15) is 39.0 Å². The summed E-state index contributed by atoms with van der Waals surface area (Å²) in [4.78, 5) is 22.6. The topological polar surface area (TPSA) is 92.4 Å². The molecule has 0 aromatic carbocycles. The number of amides is 1. The van der Waals surface area contributed by atoms with Gasteiger partial charge in [0.2, 0.25) is 5.91 Å². The number of hydrogen-bond acceptors (Lipinski definition) is 3. The average Bonchev–Trinajstić information content (AvgIpc) is 2.35. The molecular weight excluding hydrogens is 220 g/mol. The summed E-state index contributed by atoms with van der Waals surface area (Å²) in [6, 6.07) is -0.484. The van der Waals surface area contributed by atoms with E-state index in [1.54, 1.807) is 0 Å². The van der Waals surface area contributed by atoms with Crippen molar-refractivity contribution in [2.75, 3.05) is 6.54 Å². The van der Waals surface area contributed by atoms with E-state index in [4.69, 9.17) is 10.8 Å². The Labute approximate surface area is 102 Å². The first-order valence-corrected chi connectivity index (χ1v) is 6.32. The molecule has 1 amide bonds. The standard InChI is InChI=1S/C12H22N2O3/c1-2-10(13)11(15)14-7-8-5-3-4-6-9(8)12(16)17/h8-10H,2-7,13H2,1H3,(H,14,15)(H,16,17)/t8?,9?,10-/m1/s1. The van der Waals surface area contributed by atoms with Crippen LogP contribution in [0.4, 0.5) is 0 Å². The number of aliphatic carboxylic acids is 1. The second-order valence-electron chi connectivity index (χ2n) is 4.75. The minimum Gasteiger partial charge on any atom is -0.481 e. The van der Waals surface area contributed by atoms with Crippen LogP contribution < -0.4 is 11.1 Å². The number of carboxylic acids is 1. The van der Waals surface area contributed by atoms with E-state index in [0.29, 0.717) is 13.0 Å².